The minimum Gasteiger partial charge on any atom is -0.351 e. The second-order valence-electron chi connectivity index (χ2n) is 4.97. The zero-order valence-corrected chi connectivity index (χ0v) is 11.8. The van der Waals surface area contributed by atoms with Crippen molar-refractivity contribution >= 4 is 11.6 Å². The summed E-state index contributed by atoms with van der Waals surface area (Å²) in [5, 5.41) is 9.79. The normalized spacial score (nSPS) is 10.9. The third-order valence-corrected chi connectivity index (χ3v) is 3.44. The molecule has 0 spiro atoms. The number of carbonyl (C=O) groups is 1. The lowest BCUT2D eigenvalue weighted by Gasteiger charge is -2.02. The molecule has 21 heavy (non-hydrogen) atoms. The van der Waals surface area contributed by atoms with Crippen molar-refractivity contribution in [2.45, 2.75) is 19.8 Å². The highest BCUT2D eigenvalue weighted by Crippen LogP contribution is 2.06. The van der Waals surface area contributed by atoms with Crippen molar-refractivity contribution in [2.24, 2.45) is 0 Å². The van der Waals surface area contributed by atoms with Crippen LogP contribution >= 0.6 is 0 Å². The Morgan fingerprint density at radius 2 is 2.33 bits per heavy atom. The Morgan fingerprint density at radius 3 is 3.10 bits per heavy atom. The van der Waals surface area contributed by atoms with Crippen molar-refractivity contribution in [3.05, 3.63) is 53.7 Å². The van der Waals surface area contributed by atoms with Crippen LogP contribution in [0.3, 0.4) is 0 Å². The number of aromatic nitrogens is 4. The topological polar surface area (TPSA) is 75.1 Å². The number of nitrogens with one attached hydrogen (secondary N) is 2. The van der Waals surface area contributed by atoms with Gasteiger partial charge in [0.2, 0.25) is 0 Å². The SMILES string of the molecule is Cc1[nH]ncc1CCCNC(=O)c1cn2ccccc2n1. The first-order valence-electron chi connectivity index (χ1n) is 6.95. The van der Waals surface area contributed by atoms with Crippen LogP contribution < -0.4 is 5.32 Å². The lowest BCUT2D eigenvalue weighted by molar-refractivity contribution is 0.0949. The first kappa shape index (κ1) is 13.4. The molecule has 108 valence electrons. The number of fused-ring (bicyclic) bond motifs is 1. The van der Waals surface area contributed by atoms with E-state index in [1.165, 1.54) is 5.56 Å². The lowest BCUT2D eigenvalue weighted by Crippen LogP contribution is -2.25. The molecule has 6 nitrogen and oxygen atoms in total. The fourth-order valence-electron chi connectivity index (χ4n) is 2.24. The first-order valence-corrected chi connectivity index (χ1v) is 6.95. The number of hydrogen-bond donors (Lipinski definition) is 2. The molecule has 0 bridgehead atoms. The van der Waals surface area contributed by atoms with Gasteiger partial charge in [-0.25, -0.2) is 4.98 Å². The molecule has 1 amide bonds. The van der Waals surface area contributed by atoms with Gasteiger partial charge < -0.3 is 9.72 Å². The van der Waals surface area contributed by atoms with Gasteiger partial charge in [0.15, 0.2) is 0 Å². The molecule has 0 atom stereocenters. The van der Waals surface area contributed by atoms with Crippen LogP contribution in [0, 0.1) is 6.92 Å². The molecule has 3 rings (SSSR count). The van der Waals surface area contributed by atoms with E-state index in [1.54, 1.807) is 6.20 Å². The summed E-state index contributed by atoms with van der Waals surface area (Å²) in [4.78, 5) is 16.3. The van der Waals surface area contributed by atoms with Gasteiger partial charge in [-0.2, -0.15) is 5.10 Å². The van der Waals surface area contributed by atoms with E-state index in [1.807, 2.05) is 41.9 Å². The van der Waals surface area contributed by atoms with Gasteiger partial charge in [-0.3, -0.25) is 9.89 Å². The minimum absolute atomic E-state index is 0.136. The summed E-state index contributed by atoms with van der Waals surface area (Å²) >= 11 is 0. The maximum absolute atomic E-state index is 12.0. The number of nitrogens with zero attached hydrogens (tertiary/aromatic N) is 3. The molecule has 0 aliphatic carbocycles. The highest BCUT2D eigenvalue weighted by atomic mass is 16.1. The van der Waals surface area contributed by atoms with Crippen LogP contribution in [0.25, 0.3) is 5.65 Å². The number of aryl methyl sites for hydroxylation is 2. The minimum atomic E-state index is -0.136. The molecule has 3 aromatic rings. The predicted octanol–water partition coefficient (Wildman–Crippen LogP) is 1.73. The maximum Gasteiger partial charge on any atom is 0.271 e. The van der Waals surface area contributed by atoms with E-state index >= 15 is 0 Å². The number of carbonyl (C=O) groups excluding carboxylic acids is 1. The van der Waals surface area contributed by atoms with Gasteiger partial charge in [-0.05, 0) is 37.5 Å². The number of imidazole rings is 1. The number of pyridine rings is 1. The van der Waals surface area contributed by atoms with Crippen molar-refractivity contribution < 1.29 is 4.79 Å². The molecule has 0 fully saturated rings. The van der Waals surface area contributed by atoms with E-state index in [0.29, 0.717) is 12.2 Å². The Labute approximate surface area is 122 Å². The molecule has 2 N–H and O–H groups in total. The number of hydrogen-bond acceptors (Lipinski definition) is 3. The second-order valence-corrected chi connectivity index (χ2v) is 4.97. The van der Waals surface area contributed by atoms with Gasteiger partial charge in [0.05, 0.1) is 6.20 Å². The average molecular weight is 283 g/mol. The number of rotatable bonds is 5. The van der Waals surface area contributed by atoms with Crippen molar-refractivity contribution in [1.82, 2.24) is 24.9 Å². The largest absolute Gasteiger partial charge is 0.351 e. The second kappa shape index (κ2) is 5.78. The molecular weight excluding hydrogens is 266 g/mol. The third kappa shape index (κ3) is 2.94. The summed E-state index contributed by atoms with van der Waals surface area (Å²) in [6.07, 6.45) is 7.22. The van der Waals surface area contributed by atoms with Crippen LogP contribution in [0.1, 0.15) is 28.2 Å². The smallest absolute Gasteiger partial charge is 0.271 e. The highest BCUT2D eigenvalue weighted by molar-refractivity contribution is 5.92. The number of amides is 1. The lowest BCUT2D eigenvalue weighted by atomic mass is 10.1. The van der Waals surface area contributed by atoms with Crippen molar-refractivity contribution in [1.29, 1.82) is 0 Å². The quantitative estimate of drug-likeness (QED) is 0.700. The zero-order chi connectivity index (χ0) is 14.7. The molecule has 0 aliphatic heterocycles. The van der Waals surface area contributed by atoms with Crippen LogP contribution in [0.4, 0.5) is 0 Å². The molecule has 0 aromatic carbocycles. The molecule has 0 saturated carbocycles. The van der Waals surface area contributed by atoms with Crippen molar-refractivity contribution in [2.75, 3.05) is 6.54 Å². The molecule has 3 aromatic heterocycles. The monoisotopic (exact) mass is 283 g/mol. The van der Waals surface area contributed by atoms with Crippen LogP contribution in [0.2, 0.25) is 0 Å². The van der Waals surface area contributed by atoms with E-state index in [9.17, 15) is 4.79 Å². The summed E-state index contributed by atoms with van der Waals surface area (Å²) < 4.78 is 1.84. The van der Waals surface area contributed by atoms with Crippen molar-refractivity contribution in [3.8, 4) is 0 Å². The summed E-state index contributed by atoms with van der Waals surface area (Å²) in [5.41, 5.74) is 3.50. The number of aromatic amines is 1. The fraction of sp³-hybridized carbons (Fsp3) is 0.267. The zero-order valence-electron chi connectivity index (χ0n) is 11.8. The van der Waals surface area contributed by atoms with E-state index in [4.69, 9.17) is 0 Å². The first-order chi connectivity index (χ1) is 10.2. The van der Waals surface area contributed by atoms with Gasteiger partial charge in [0.25, 0.3) is 5.91 Å². The standard InChI is InChI=1S/C15H17N5O/c1-11-12(9-17-19-11)5-4-7-16-15(21)13-10-20-8-3-2-6-14(20)18-13/h2-3,6,8-10H,4-5,7H2,1H3,(H,16,21)(H,17,19). The highest BCUT2D eigenvalue weighted by Gasteiger charge is 2.09. The summed E-state index contributed by atoms with van der Waals surface area (Å²) in [5.74, 6) is -0.136. The predicted molar refractivity (Wildman–Crippen MR) is 79.2 cm³/mol. The fourth-order valence-corrected chi connectivity index (χ4v) is 2.24. The van der Waals surface area contributed by atoms with Gasteiger partial charge in [0, 0.05) is 24.6 Å². The molecule has 0 aliphatic rings. The summed E-state index contributed by atoms with van der Waals surface area (Å²) in [6.45, 7) is 2.62. The van der Waals surface area contributed by atoms with E-state index in [-0.39, 0.29) is 5.91 Å². The Bertz CT molecular complexity index is 725. The molecule has 6 heteroatoms. The Morgan fingerprint density at radius 1 is 1.43 bits per heavy atom. The van der Waals surface area contributed by atoms with Crippen LogP contribution in [-0.4, -0.2) is 32.0 Å². The third-order valence-electron chi connectivity index (χ3n) is 3.44. The van der Waals surface area contributed by atoms with Gasteiger partial charge in [-0.1, -0.05) is 6.07 Å². The molecule has 0 unspecified atom stereocenters. The van der Waals surface area contributed by atoms with Gasteiger partial charge in [0.1, 0.15) is 11.3 Å². The number of H-pyrrole nitrogens is 1. The maximum atomic E-state index is 12.0. The molecular formula is C15H17N5O. The summed E-state index contributed by atoms with van der Waals surface area (Å²) in [7, 11) is 0. The van der Waals surface area contributed by atoms with Gasteiger partial charge >= 0.3 is 0 Å². The Kier molecular flexibility index (Phi) is 3.68. The summed E-state index contributed by atoms with van der Waals surface area (Å²) in [6, 6.07) is 5.68. The molecule has 0 radical (unpaired) electrons. The van der Waals surface area contributed by atoms with E-state index < -0.39 is 0 Å². The van der Waals surface area contributed by atoms with Crippen molar-refractivity contribution in [3.63, 3.8) is 0 Å². The van der Waals surface area contributed by atoms with E-state index in [0.717, 1.165) is 24.2 Å². The Balaban J connectivity index is 1.53. The Hall–Kier alpha value is -2.63. The average Bonchev–Trinajstić information content (AvgIpc) is 3.09. The van der Waals surface area contributed by atoms with Gasteiger partial charge in [-0.15, -0.1) is 0 Å². The van der Waals surface area contributed by atoms with Crippen LogP contribution in [0.5, 0.6) is 0 Å². The van der Waals surface area contributed by atoms with Crippen LogP contribution in [-0.2, 0) is 6.42 Å². The van der Waals surface area contributed by atoms with Crippen LogP contribution in [0.15, 0.2) is 36.8 Å². The van der Waals surface area contributed by atoms with E-state index in [2.05, 4.69) is 20.5 Å². The molecule has 3 heterocycles. The molecule has 0 saturated heterocycles.